The van der Waals surface area contributed by atoms with Crippen molar-refractivity contribution >= 4 is 12.1 Å². The number of nitrogens with one attached hydrogen (secondary N) is 1. The highest BCUT2D eigenvalue weighted by atomic mass is 16.5. The van der Waals surface area contributed by atoms with Crippen molar-refractivity contribution in [1.82, 2.24) is 5.32 Å². The molecule has 1 atom stereocenters. The Bertz CT molecular complexity index is 437. The number of carbonyl (C=O) groups is 2. The van der Waals surface area contributed by atoms with Gasteiger partial charge in [-0.05, 0) is 11.0 Å². The van der Waals surface area contributed by atoms with Crippen LogP contribution in [0.4, 0.5) is 4.79 Å². The SMILES string of the molecule is CC(C)(C)[C@@H](NC(=O)OCc1ccccc1)C(=O)[O-]. The van der Waals surface area contributed by atoms with Gasteiger partial charge in [-0.3, -0.25) is 0 Å². The van der Waals surface area contributed by atoms with Crippen LogP contribution in [-0.4, -0.2) is 18.1 Å². The Morgan fingerprint density at radius 3 is 2.32 bits per heavy atom. The third kappa shape index (κ3) is 4.99. The second kappa shape index (κ2) is 6.22. The van der Waals surface area contributed by atoms with Crippen LogP contribution in [0.3, 0.4) is 0 Å². The highest BCUT2D eigenvalue weighted by Gasteiger charge is 2.27. The monoisotopic (exact) mass is 264 g/mol. The van der Waals surface area contributed by atoms with Crippen molar-refractivity contribution in [2.24, 2.45) is 5.41 Å². The number of alkyl carbamates (subject to hydrolysis) is 1. The van der Waals surface area contributed by atoms with Gasteiger partial charge in [0.05, 0.1) is 12.0 Å². The Morgan fingerprint density at radius 2 is 1.84 bits per heavy atom. The predicted molar refractivity (Wildman–Crippen MR) is 68.0 cm³/mol. The number of carbonyl (C=O) groups excluding carboxylic acids is 2. The fourth-order valence-corrected chi connectivity index (χ4v) is 1.51. The van der Waals surface area contributed by atoms with Gasteiger partial charge in [0.25, 0.3) is 0 Å². The van der Waals surface area contributed by atoms with Gasteiger partial charge >= 0.3 is 6.09 Å². The van der Waals surface area contributed by atoms with Crippen molar-refractivity contribution in [3.05, 3.63) is 35.9 Å². The third-order valence-electron chi connectivity index (χ3n) is 2.58. The maximum absolute atomic E-state index is 11.6. The Labute approximate surface area is 112 Å². The Balaban J connectivity index is 2.52. The maximum atomic E-state index is 11.6. The van der Waals surface area contributed by atoms with E-state index in [0.29, 0.717) is 0 Å². The molecule has 1 rings (SSSR count). The average molecular weight is 264 g/mol. The van der Waals surface area contributed by atoms with Crippen molar-refractivity contribution in [2.75, 3.05) is 0 Å². The van der Waals surface area contributed by atoms with E-state index in [1.807, 2.05) is 30.3 Å². The zero-order valence-electron chi connectivity index (χ0n) is 11.3. The molecular formula is C14H18NO4-. The molecule has 5 nitrogen and oxygen atoms in total. The maximum Gasteiger partial charge on any atom is 0.408 e. The van der Waals surface area contributed by atoms with Gasteiger partial charge in [0.1, 0.15) is 6.61 Å². The van der Waals surface area contributed by atoms with Crippen LogP contribution in [0, 0.1) is 5.41 Å². The Hall–Kier alpha value is -2.04. The van der Waals surface area contributed by atoms with Crippen molar-refractivity contribution in [2.45, 2.75) is 33.4 Å². The zero-order valence-corrected chi connectivity index (χ0v) is 11.3. The largest absolute Gasteiger partial charge is 0.548 e. The number of rotatable bonds is 4. The summed E-state index contributed by atoms with van der Waals surface area (Å²) in [6, 6.07) is 8.04. The number of carboxylic acid groups (broad SMARTS) is 1. The van der Waals surface area contributed by atoms with Gasteiger partial charge in [-0.2, -0.15) is 0 Å². The van der Waals surface area contributed by atoms with Crippen LogP contribution in [0.15, 0.2) is 30.3 Å². The highest BCUT2D eigenvalue weighted by Crippen LogP contribution is 2.18. The van der Waals surface area contributed by atoms with Crippen LogP contribution in [0.25, 0.3) is 0 Å². The molecule has 0 spiro atoms. The molecule has 19 heavy (non-hydrogen) atoms. The molecule has 0 aliphatic heterocycles. The van der Waals surface area contributed by atoms with Crippen LogP contribution in [0.1, 0.15) is 26.3 Å². The fourth-order valence-electron chi connectivity index (χ4n) is 1.51. The highest BCUT2D eigenvalue weighted by molar-refractivity contribution is 5.79. The quantitative estimate of drug-likeness (QED) is 0.882. The van der Waals surface area contributed by atoms with E-state index in [2.05, 4.69) is 5.32 Å². The summed E-state index contributed by atoms with van der Waals surface area (Å²) < 4.78 is 4.96. The summed E-state index contributed by atoms with van der Waals surface area (Å²) in [4.78, 5) is 22.5. The number of amides is 1. The Morgan fingerprint density at radius 1 is 1.26 bits per heavy atom. The molecule has 0 aliphatic rings. The minimum atomic E-state index is -1.33. The van der Waals surface area contributed by atoms with E-state index in [0.717, 1.165) is 5.56 Å². The molecule has 0 bridgehead atoms. The fraction of sp³-hybridized carbons (Fsp3) is 0.429. The molecule has 1 amide bonds. The lowest BCUT2D eigenvalue weighted by Crippen LogP contribution is -2.54. The van der Waals surface area contributed by atoms with E-state index in [9.17, 15) is 14.7 Å². The molecule has 0 saturated carbocycles. The number of aliphatic carboxylic acids is 1. The number of hydrogen-bond donors (Lipinski definition) is 1. The summed E-state index contributed by atoms with van der Waals surface area (Å²) in [5.41, 5.74) is 0.184. The van der Waals surface area contributed by atoms with Crippen molar-refractivity contribution in [3.8, 4) is 0 Å². The summed E-state index contributed by atoms with van der Waals surface area (Å²) in [5, 5.41) is 13.3. The molecule has 0 saturated heterocycles. The second-order valence-corrected chi connectivity index (χ2v) is 5.32. The van der Waals surface area contributed by atoms with E-state index in [4.69, 9.17) is 4.74 Å². The minimum Gasteiger partial charge on any atom is -0.548 e. The number of benzene rings is 1. The molecule has 0 radical (unpaired) electrons. The topological polar surface area (TPSA) is 78.5 Å². The second-order valence-electron chi connectivity index (χ2n) is 5.32. The van der Waals surface area contributed by atoms with Crippen molar-refractivity contribution < 1.29 is 19.4 Å². The zero-order chi connectivity index (χ0) is 14.5. The minimum absolute atomic E-state index is 0.0938. The van der Waals surface area contributed by atoms with Gasteiger partial charge in [-0.1, -0.05) is 51.1 Å². The molecule has 0 aromatic heterocycles. The van der Waals surface area contributed by atoms with E-state index < -0.39 is 23.5 Å². The van der Waals surface area contributed by atoms with E-state index >= 15 is 0 Å². The molecule has 5 heteroatoms. The van der Waals surface area contributed by atoms with Crippen LogP contribution >= 0.6 is 0 Å². The smallest absolute Gasteiger partial charge is 0.408 e. The summed E-state index contributed by atoms with van der Waals surface area (Å²) in [6.07, 6.45) is -0.770. The number of carboxylic acids is 1. The van der Waals surface area contributed by atoms with Crippen LogP contribution in [-0.2, 0) is 16.1 Å². The first-order valence-corrected chi connectivity index (χ1v) is 5.99. The van der Waals surface area contributed by atoms with Gasteiger partial charge in [-0.25, -0.2) is 4.79 Å². The number of hydrogen-bond acceptors (Lipinski definition) is 4. The van der Waals surface area contributed by atoms with E-state index in [1.54, 1.807) is 20.8 Å². The van der Waals surface area contributed by atoms with Gasteiger partial charge < -0.3 is 20.0 Å². The van der Waals surface area contributed by atoms with Gasteiger partial charge in [0, 0.05) is 0 Å². The molecule has 0 unspecified atom stereocenters. The molecule has 104 valence electrons. The first-order chi connectivity index (χ1) is 8.80. The standard InChI is InChI=1S/C14H19NO4/c1-14(2,3)11(12(16)17)15-13(18)19-9-10-7-5-4-6-8-10/h4-8,11H,9H2,1-3H3,(H,15,18)(H,16,17)/p-1/t11-/m0/s1. The van der Waals surface area contributed by atoms with E-state index in [1.165, 1.54) is 0 Å². The molecular weight excluding hydrogens is 246 g/mol. The van der Waals surface area contributed by atoms with Crippen LogP contribution in [0.5, 0.6) is 0 Å². The number of ether oxygens (including phenoxy) is 1. The summed E-state index contributed by atoms with van der Waals surface area (Å²) in [5.74, 6) is -1.33. The first-order valence-electron chi connectivity index (χ1n) is 5.99. The van der Waals surface area contributed by atoms with Crippen molar-refractivity contribution in [1.29, 1.82) is 0 Å². The van der Waals surface area contributed by atoms with Gasteiger partial charge in [-0.15, -0.1) is 0 Å². The lowest BCUT2D eigenvalue weighted by atomic mass is 9.87. The van der Waals surface area contributed by atoms with E-state index in [-0.39, 0.29) is 6.61 Å². The van der Waals surface area contributed by atoms with Crippen LogP contribution < -0.4 is 10.4 Å². The van der Waals surface area contributed by atoms with Crippen LogP contribution in [0.2, 0.25) is 0 Å². The lowest BCUT2D eigenvalue weighted by Gasteiger charge is -2.31. The Kier molecular flexibility index (Phi) is 4.92. The van der Waals surface area contributed by atoms with Gasteiger partial charge in [0.15, 0.2) is 0 Å². The summed E-state index contributed by atoms with van der Waals surface area (Å²) in [6.45, 7) is 5.19. The lowest BCUT2D eigenvalue weighted by molar-refractivity contribution is -0.310. The molecule has 1 aromatic carbocycles. The molecule has 1 aromatic rings. The average Bonchev–Trinajstić information content (AvgIpc) is 2.33. The summed E-state index contributed by atoms with van der Waals surface area (Å²) >= 11 is 0. The molecule has 1 N–H and O–H groups in total. The van der Waals surface area contributed by atoms with Crippen molar-refractivity contribution in [3.63, 3.8) is 0 Å². The summed E-state index contributed by atoms with van der Waals surface area (Å²) in [7, 11) is 0. The normalized spacial score (nSPS) is 12.6. The molecule has 0 fully saturated rings. The first kappa shape index (κ1) is 15.0. The van der Waals surface area contributed by atoms with Gasteiger partial charge in [0.2, 0.25) is 0 Å². The third-order valence-corrected chi connectivity index (χ3v) is 2.58. The molecule has 0 heterocycles. The molecule has 0 aliphatic carbocycles. The predicted octanol–water partition coefficient (Wildman–Crippen LogP) is 1.08.